The minimum Gasteiger partial charge on any atom is -0.488 e. The van der Waals surface area contributed by atoms with E-state index in [0.29, 0.717) is 30.9 Å². The van der Waals surface area contributed by atoms with Crippen LogP contribution in [0.5, 0.6) is 5.75 Å². The molecule has 1 saturated carbocycles. The smallest absolute Gasteiger partial charge is 0.265 e. The SMILES string of the molecule is CNC(=O)[C@H]1CCCC[C@H]1C(=O)N1CCc2cccc(O[C@H]3CCN(C(=O)c4cncs4)C3)c2[C@H]1CN. The van der Waals surface area contributed by atoms with Gasteiger partial charge in [0.15, 0.2) is 0 Å². The Morgan fingerprint density at radius 3 is 2.70 bits per heavy atom. The quantitative estimate of drug-likeness (QED) is 0.598. The van der Waals surface area contributed by atoms with Crippen LogP contribution in [0.3, 0.4) is 0 Å². The average Bonchev–Trinajstić information content (AvgIpc) is 3.64. The zero-order chi connectivity index (χ0) is 25.9. The lowest BCUT2D eigenvalue weighted by molar-refractivity contribution is -0.145. The number of benzene rings is 1. The van der Waals surface area contributed by atoms with Gasteiger partial charge < -0.3 is 25.6 Å². The van der Waals surface area contributed by atoms with E-state index in [-0.39, 0.29) is 48.2 Å². The van der Waals surface area contributed by atoms with E-state index >= 15 is 0 Å². The van der Waals surface area contributed by atoms with Gasteiger partial charge in [0.05, 0.1) is 24.3 Å². The third-order valence-electron chi connectivity index (χ3n) is 8.03. The fourth-order valence-electron chi connectivity index (χ4n) is 6.15. The molecular formula is C27H35N5O4S. The molecule has 5 rings (SSSR count). The third-order valence-corrected chi connectivity index (χ3v) is 8.79. The Hall–Kier alpha value is -2.98. The first-order chi connectivity index (χ1) is 18.0. The van der Waals surface area contributed by atoms with Gasteiger partial charge in [-0.2, -0.15) is 0 Å². The highest BCUT2D eigenvalue weighted by Gasteiger charge is 2.41. The molecule has 1 saturated heterocycles. The first kappa shape index (κ1) is 25.7. The van der Waals surface area contributed by atoms with Crippen molar-refractivity contribution in [2.24, 2.45) is 17.6 Å². The van der Waals surface area contributed by atoms with Crippen molar-refractivity contribution >= 4 is 29.1 Å². The molecule has 2 aromatic rings. The second-order valence-corrected chi connectivity index (χ2v) is 11.0. The van der Waals surface area contributed by atoms with Gasteiger partial charge in [0.25, 0.3) is 5.91 Å². The van der Waals surface area contributed by atoms with Crippen LogP contribution in [0.4, 0.5) is 0 Å². The van der Waals surface area contributed by atoms with Gasteiger partial charge in [-0.3, -0.25) is 19.4 Å². The molecule has 3 aliphatic rings. The number of ether oxygens (including phenoxy) is 1. The summed E-state index contributed by atoms with van der Waals surface area (Å²) >= 11 is 1.34. The molecule has 1 aromatic heterocycles. The van der Waals surface area contributed by atoms with Crippen LogP contribution in [-0.4, -0.2) is 71.8 Å². The van der Waals surface area contributed by atoms with Crippen molar-refractivity contribution in [1.82, 2.24) is 20.1 Å². The number of hydrogen-bond acceptors (Lipinski definition) is 7. The van der Waals surface area contributed by atoms with Crippen molar-refractivity contribution in [1.29, 1.82) is 0 Å². The lowest BCUT2D eigenvalue weighted by atomic mass is 9.77. The van der Waals surface area contributed by atoms with Gasteiger partial charge >= 0.3 is 0 Å². The highest BCUT2D eigenvalue weighted by Crippen LogP contribution is 2.40. The average molecular weight is 526 g/mol. The molecule has 0 spiro atoms. The number of amides is 3. The van der Waals surface area contributed by atoms with Crippen molar-refractivity contribution in [2.75, 3.05) is 33.2 Å². The molecule has 10 heteroatoms. The summed E-state index contributed by atoms with van der Waals surface area (Å²) in [6, 6.07) is 5.69. The monoisotopic (exact) mass is 525 g/mol. The van der Waals surface area contributed by atoms with Gasteiger partial charge in [0, 0.05) is 50.5 Å². The van der Waals surface area contributed by atoms with Crippen LogP contribution in [-0.2, 0) is 16.0 Å². The van der Waals surface area contributed by atoms with Gasteiger partial charge in [-0.1, -0.05) is 25.0 Å². The number of hydrogen-bond donors (Lipinski definition) is 2. The molecule has 1 aliphatic carbocycles. The number of likely N-dealkylation sites (tertiary alicyclic amines) is 1. The first-order valence-electron chi connectivity index (χ1n) is 13.2. The standard InChI is InChI=1S/C27H35N5O4S/c1-29-25(33)19-6-2-3-7-20(19)26(34)32-12-9-17-5-4-8-22(24(17)21(32)13-28)36-18-10-11-31(15-18)27(35)23-14-30-16-37-23/h4-5,8,14,16,18-21H,2-3,6-7,9-13,15,28H2,1H3,(H,29,33)/t18-,19-,20+,21+/m0/s1. The fourth-order valence-corrected chi connectivity index (χ4v) is 6.74. The van der Waals surface area contributed by atoms with Crippen LogP contribution >= 0.6 is 11.3 Å². The summed E-state index contributed by atoms with van der Waals surface area (Å²) in [6.07, 6.45) is 6.30. The number of rotatable bonds is 6. The normalized spacial score (nSPS) is 25.5. The summed E-state index contributed by atoms with van der Waals surface area (Å²) in [4.78, 5) is 47.5. The lowest BCUT2D eigenvalue weighted by Gasteiger charge is -2.41. The fraction of sp³-hybridized carbons (Fsp3) is 0.556. The minimum atomic E-state index is -0.321. The molecule has 0 bridgehead atoms. The molecule has 4 atom stereocenters. The van der Waals surface area contributed by atoms with Crippen LogP contribution in [0, 0.1) is 11.8 Å². The number of nitrogens with two attached hydrogens (primary N) is 1. The Bertz CT molecular complexity index is 1140. The van der Waals surface area contributed by atoms with E-state index < -0.39 is 0 Å². The van der Waals surface area contributed by atoms with E-state index in [1.807, 2.05) is 21.9 Å². The predicted molar refractivity (Wildman–Crippen MR) is 140 cm³/mol. The molecule has 0 radical (unpaired) electrons. The van der Waals surface area contributed by atoms with Crippen LogP contribution < -0.4 is 15.8 Å². The van der Waals surface area contributed by atoms with Gasteiger partial charge in [-0.05, 0) is 30.9 Å². The molecule has 3 N–H and O–H groups in total. The first-order valence-corrected chi connectivity index (χ1v) is 14.1. The van der Waals surface area contributed by atoms with Crippen LogP contribution in [0.25, 0.3) is 0 Å². The molecular weight excluding hydrogens is 490 g/mol. The summed E-state index contributed by atoms with van der Waals surface area (Å²) in [5.41, 5.74) is 10.1. The number of nitrogens with one attached hydrogen (secondary N) is 1. The van der Waals surface area contributed by atoms with Crippen molar-refractivity contribution in [3.63, 3.8) is 0 Å². The topological polar surface area (TPSA) is 118 Å². The Labute approximate surface area is 221 Å². The van der Waals surface area contributed by atoms with Crippen LogP contribution in [0.1, 0.15) is 58.9 Å². The highest BCUT2D eigenvalue weighted by molar-refractivity contribution is 7.11. The number of thiazole rings is 1. The summed E-state index contributed by atoms with van der Waals surface area (Å²) in [6.45, 7) is 1.99. The van der Waals surface area contributed by atoms with Crippen molar-refractivity contribution in [3.05, 3.63) is 45.9 Å². The summed E-state index contributed by atoms with van der Waals surface area (Å²) in [7, 11) is 1.64. The molecule has 37 heavy (non-hydrogen) atoms. The lowest BCUT2D eigenvalue weighted by Crippen LogP contribution is -2.49. The zero-order valence-corrected chi connectivity index (χ0v) is 22.0. The summed E-state index contributed by atoms with van der Waals surface area (Å²) < 4.78 is 6.49. The Morgan fingerprint density at radius 2 is 1.97 bits per heavy atom. The Balaban J connectivity index is 1.34. The molecule has 3 heterocycles. The van der Waals surface area contributed by atoms with Gasteiger partial charge in [0.2, 0.25) is 11.8 Å². The molecule has 3 amide bonds. The van der Waals surface area contributed by atoms with Gasteiger partial charge in [-0.15, -0.1) is 11.3 Å². The van der Waals surface area contributed by atoms with E-state index in [2.05, 4.69) is 16.4 Å². The number of fused-ring (bicyclic) bond motifs is 1. The Morgan fingerprint density at radius 1 is 1.16 bits per heavy atom. The third kappa shape index (κ3) is 5.09. The van der Waals surface area contributed by atoms with Crippen LogP contribution in [0.15, 0.2) is 29.9 Å². The maximum atomic E-state index is 13.9. The van der Waals surface area contributed by atoms with Gasteiger partial charge in [0.1, 0.15) is 16.7 Å². The number of carbonyl (C=O) groups is 3. The zero-order valence-electron chi connectivity index (χ0n) is 21.2. The molecule has 9 nitrogen and oxygen atoms in total. The van der Waals surface area contributed by atoms with E-state index in [9.17, 15) is 14.4 Å². The predicted octanol–water partition coefficient (Wildman–Crippen LogP) is 2.37. The molecule has 1 aromatic carbocycles. The van der Waals surface area contributed by atoms with E-state index in [1.54, 1.807) is 18.8 Å². The molecule has 2 fully saturated rings. The van der Waals surface area contributed by atoms with E-state index in [1.165, 1.54) is 11.3 Å². The minimum absolute atomic E-state index is 0.0153. The second kappa shape index (κ2) is 11.2. The summed E-state index contributed by atoms with van der Waals surface area (Å²) in [5, 5.41) is 2.75. The highest BCUT2D eigenvalue weighted by atomic mass is 32.1. The molecule has 2 aliphatic heterocycles. The van der Waals surface area contributed by atoms with Crippen molar-refractivity contribution < 1.29 is 19.1 Å². The van der Waals surface area contributed by atoms with E-state index in [0.717, 1.165) is 49.0 Å². The number of nitrogens with zero attached hydrogens (tertiary/aromatic N) is 3. The largest absolute Gasteiger partial charge is 0.488 e. The van der Waals surface area contributed by atoms with Gasteiger partial charge in [-0.25, -0.2) is 0 Å². The van der Waals surface area contributed by atoms with Crippen molar-refractivity contribution in [3.8, 4) is 5.75 Å². The van der Waals surface area contributed by atoms with Crippen molar-refractivity contribution in [2.45, 2.75) is 50.7 Å². The maximum absolute atomic E-state index is 13.9. The second-order valence-electron chi connectivity index (χ2n) is 10.1. The number of aromatic nitrogens is 1. The Kier molecular flexibility index (Phi) is 7.76. The maximum Gasteiger partial charge on any atom is 0.265 e. The number of carbonyl (C=O) groups excluding carboxylic acids is 3. The van der Waals surface area contributed by atoms with E-state index in [4.69, 9.17) is 10.5 Å². The van der Waals surface area contributed by atoms with Crippen LogP contribution in [0.2, 0.25) is 0 Å². The molecule has 0 unspecified atom stereocenters. The summed E-state index contributed by atoms with van der Waals surface area (Å²) in [5.74, 6) is 0.0676. The molecule has 198 valence electrons.